The second-order valence-electron chi connectivity index (χ2n) is 6.38. The highest BCUT2D eigenvalue weighted by atomic mass is 16.3. The van der Waals surface area contributed by atoms with E-state index >= 15 is 0 Å². The van der Waals surface area contributed by atoms with Gasteiger partial charge in [-0.15, -0.1) is 0 Å². The highest BCUT2D eigenvalue weighted by Crippen LogP contribution is 2.27. The van der Waals surface area contributed by atoms with E-state index in [1.807, 2.05) is 0 Å². The fraction of sp³-hybridized carbons (Fsp3) is 0.588. The van der Waals surface area contributed by atoms with Gasteiger partial charge in [0.2, 0.25) is 5.91 Å². The predicted molar refractivity (Wildman–Crippen MR) is 82.8 cm³/mol. The lowest BCUT2D eigenvalue weighted by Gasteiger charge is -2.28. The van der Waals surface area contributed by atoms with Crippen molar-refractivity contribution in [1.82, 2.24) is 4.90 Å². The van der Waals surface area contributed by atoms with Crippen LogP contribution in [0.4, 0.5) is 0 Å². The van der Waals surface area contributed by atoms with Gasteiger partial charge in [-0.1, -0.05) is 43.7 Å². The van der Waals surface area contributed by atoms with Crippen LogP contribution in [0.25, 0.3) is 0 Å². The minimum atomic E-state index is -0.365. The number of carbonyl (C=O) groups is 1. The van der Waals surface area contributed by atoms with Crippen molar-refractivity contribution in [3.8, 4) is 0 Å². The first-order chi connectivity index (χ1) is 9.22. The normalized spacial score (nSPS) is 13.1. The Bertz CT molecular complexity index is 435. The van der Waals surface area contributed by atoms with Crippen LogP contribution in [0.2, 0.25) is 0 Å². The average Bonchev–Trinajstić information content (AvgIpc) is 2.35. The number of aryl methyl sites for hydroxylation is 1. The number of nitrogens with zero attached hydrogens (tertiary/aromatic N) is 1. The van der Waals surface area contributed by atoms with Gasteiger partial charge >= 0.3 is 0 Å². The topological polar surface area (TPSA) is 40.5 Å². The molecule has 1 atom stereocenters. The molecule has 3 heteroatoms. The number of aliphatic hydroxyl groups excluding tert-OH is 1. The molecule has 20 heavy (non-hydrogen) atoms. The molecule has 0 aliphatic heterocycles. The maximum Gasteiger partial charge on any atom is 0.223 e. The second-order valence-corrected chi connectivity index (χ2v) is 6.38. The van der Waals surface area contributed by atoms with Crippen LogP contribution < -0.4 is 0 Å². The Hall–Kier alpha value is -1.35. The third-order valence-electron chi connectivity index (χ3n) is 3.73. The second kappa shape index (κ2) is 6.89. The Morgan fingerprint density at radius 2 is 1.85 bits per heavy atom. The van der Waals surface area contributed by atoms with Crippen LogP contribution >= 0.6 is 0 Å². The Morgan fingerprint density at radius 3 is 2.35 bits per heavy atom. The van der Waals surface area contributed by atoms with Crippen molar-refractivity contribution in [2.24, 2.45) is 0 Å². The van der Waals surface area contributed by atoms with E-state index in [1.165, 1.54) is 11.1 Å². The van der Waals surface area contributed by atoms with Crippen molar-refractivity contribution in [2.75, 3.05) is 13.6 Å². The Balaban J connectivity index is 2.65. The summed E-state index contributed by atoms with van der Waals surface area (Å²) in [4.78, 5) is 14.0. The van der Waals surface area contributed by atoms with E-state index in [0.717, 1.165) is 0 Å². The van der Waals surface area contributed by atoms with E-state index in [1.54, 1.807) is 18.9 Å². The molecule has 0 saturated heterocycles. The van der Waals surface area contributed by atoms with Crippen LogP contribution in [0, 0.1) is 6.92 Å². The van der Waals surface area contributed by atoms with E-state index in [-0.39, 0.29) is 17.4 Å². The van der Waals surface area contributed by atoms with Gasteiger partial charge in [-0.25, -0.2) is 0 Å². The molecule has 1 N–H and O–H groups in total. The molecule has 1 aromatic carbocycles. The molecule has 0 heterocycles. The number of amides is 1. The summed E-state index contributed by atoms with van der Waals surface area (Å²) in [6, 6.07) is 8.36. The number of hydrogen-bond donors (Lipinski definition) is 1. The summed E-state index contributed by atoms with van der Waals surface area (Å²) >= 11 is 0. The summed E-state index contributed by atoms with van der Waals surface area (Å²) in [6.45, 7) is 8.59. The third kappa shape index (κ3) is 4.97. The summed E-state index contributed by atoms with van der Waals surface area (Å²) in [5, 5.41) is 9.28. The van der Waals surface area contributed by atoms with Crippen molar-refractivity contribution < 1.29 is 9.90 Å². The van der Waals surface area contributed by atoms with Crippen LogP contribution in [0.15, 0.2) is 24.3 Å². The molecule has 0 aromatic heterocycles. The zero-order valence-corrected chi connectivity index (χ0v) is 13.3. The fourth-order valence-corrected chi connectivity index (χ4v) is 2.13. The SMILES string of the molecule is Cc1ccc(C(C)(C)CC(=O)N(C)CCC(C)O)cc1. The van der Waals surface area contributed by atoms with E-state index in [9.17, 15) is 9.90 Å². The van der Waals surface area contributed by atoms with E-state index in [2.05, 4.69) is 45.0 Å². The zero-order valence-electron chi connectivity index (χ0n) is 13.3. The van der Waals surface area contributed by atoms with E-state index in [4.69, 9.17) is 0 Å². The van der Waals surface area contributed by atoms with Gasteiger partial charge in [0.05, 0.1) is 6.10 Å². The maximum absolute atomic E-state index is 12.3. The van der Waals surface area contributed by atoms with Crippen molar-refractivity contribution in [3.63, 3.8) is 0 Å². The summed E-state index contributed by atoms with van der Waals surface area (Å²) in [5.41, 5.74) is 2.23. The largest absolute Gasteiger partial charge is 0.393 e. The van der Waals surface area contributed by atoms with Gasteiger partial charge in [0, 0.05) is 20.0 Å². The molecule has 1 aromatic rings. The zero-order chi connectivity index (χ0) is 15.3. The molecule has 0 aliphatic rings. The highest BCUT2D eigenvalue weighted by molar-refractivity contribution is 5.77. The number of benzene rings is 1. The number of aliphatic hydroxyl groups is 1. The molecule has 0 saturated carbocycles. The van der Waals surface area contributed by atoms with Crippen molar-refractivity contribution in [2.45, 2.75) is 52.1 Å². The molecule has 112 valence electrons. The van der Waals surface area contributed by atoms with Crippen LogP contribution in [0.5, 0.6) is 0 Å². The number of hydrogen-bond acceptors (Lipinski definition) is 2. The minimum Gasteiger partial charge on any atom is -0.393 e. The van der Waals surface area contributed by atoms with Crippen LogP contribution in [0.3, 0.4) is 0 Å². The standard InChI is InChI=1S/C17H27NO2/c1-13-6-8-15(9-7-13)17(3,4)12-16(20)18(5)11-10-14(2)19/h6-9,14,19H,10-12H2,1-5H3. The first kappa shape index (κ1) is 16.7. The monoisotopic (exact) mass is 277 g/mol. The first-order valence-electron chi connectivity index (χ1n) is 7.21. The Kier molecular flexibility index (Phi) is 5.75. The Morgan fingerprint density at radius 1 is 1.30 bits per heavy atom. The maximum atomic E-state index is 12.3. The first-order valence-corrected chi connectivity index (χ1v) is 7.21. The Labute approximate surface area is 122 Å². The molecule has 1 amide bonds. The minimum absolute atomic E-state index is 0.122. The smallest absolute Gasteiger partial charge is 0.223 e. The van der Waals surface area contributed by atoms with Gasteiger partial charge < -0.3 is 10.0 Å². The van der Waals surface area contributed by atoms with E-state index < -0.39 is 0 Å². The number of rotatable bonds is 6. The van der Waals surface area contributed by atoms with Gasteiger partial charge in [-0.3, -0.25) is 4.79 Å². The molecule has 0 aliphatic carbocycles. The van der Waals surface area contributed by atoms with Crippen LogP contribution in [-0.2, 0) is 10.2 Å². The summed E-state index contributed by atoms with van der Waals surface area (Å²) in [7, 11) is 1.80. The highest BCUT2D eigenvalue weighted by Gasteiger charge is 2.25. The van der Waals surface area contributed by atoms with Crippen LogP contribution in [0.1, 0.15) is 44.7 Å². The molecule has 0 bridgehead atoms. The molecule has 1 rings (SSSR count). The van der Waals surface area contributed by atoms with Crippen molar-refractivity contribution in [3.05, 3.63) is 35.4 Å². The third-order valence-corrected chi connectivity index (χ3v) is 3.73. The lowest BCUT2D eigenvalue weighted by molar-refractivity contribution is -0.131. The fourth-order valence-electron chi connectivity index (χ4n) is 2.13. The van der Waals surface area contributed by atoms with Gasteiger partial charge in [0.1, 0.15) is 0 Å². The lowest BCUT2D eigenvalue weighted by Crippen LogP contribution is -2.34. The predicted octanol–water partition coefficient (Wildman–Crippen LogP) is 2.89. The molecular formula is C17H27NO2. The molecule has 0 radical (unpaired) electrons. The van der Waals surface area contributed by atoms with Gasteiger partial charge in [0.25, 0.3) is 0 Å². The summed E-state index contributed by atoms with van der Waals surface area (Å²) in [6.07, 6.45) is 0.731. The quantitative estimate of drug-likeness (QED) is 0.868. The van der Waals surface area contributed by atoms with E-state index in [0.29, 0.717) is 19.4 Å². The van der Waals surface area contributed by atoms with Gasteiger partial charge in [-0.05, 0) is 31.2 Å². The van der Waals surface area contributed by atoms with Gasteiger partial charge in [0.15, 0.2) is 0 Å². The molecule has 1 unspecified atom stereocenters. The van der Waals surface area contributed by atoms with Crippen molar-refractivity contribution >= 4 is 5.91 Å². The van der Waals surface area contributed by atoms with Crippen molar-refractivity contribution in [1.29, 1.82) is 0 Å². The van der Waals surface area contributed by atoms with Gasteiger partial charge in [-0.2, -0.15) is 0 Å². The average molecular weight is 277 g/mol. The van der Waals surface area contributed by atoms with Crippen LogP contribution in [-0.4, -0.2) is 35.6 Å². The number of carbonyl (C=O) groups excluding carboxylic acids is 1. The lowest BCUT2D eigenvalue weighted by atomic mass is 9.81. The molecule has 0 spiro atoms. The molecular weight excluding hydrogens is 250 g/mol. The molecule has 0 fully saturated rings. The molecule has 3 nitrogen and oxygen atoms in total. The summed E-state index contributed by atoms with van der Waals surface area (Å²) < 4.78 is 0. The summed E-state index contributed by atoms with van der Waals surface area (Å²) in [5.74, 6) is 0.122.